The Hall–Kier alpha value is -1.40. The van der Waals surface area contributed by atoms with E-state index in [-0.39, 0.29) is 12.5 Å². The van der Waals surface area contributed by atoms with Gasteiger partial charge in [-0.1, -0.05) is 13.8 Å². The van der Waals surface area contributed by atoms with Crippen LogP contribution in [-0.4, -0.2) is 51.9 Å². The van der Waals surface area contributed by atoms with Gasteiger partial charge in [-0.3, -0.25) is 9.48 Å². The number of likely N-dealkylation sites (N-methyl/N-ethyl adjacent to an activating group) is 1. The molecular formula is C13H24N4O2. The fraction of sp³-hybridized carbons (Fsp3) is 0.692. The summed E-state index contributed by atoms with van der Waals surface area (Å²) in [6, 6.07) is 0. The number of carbonyl (C=O) groups excluding carboxylic acids is 1. The number of nitrogens with zero attached hydrogens (tertiary/aromatic N) is 3. The normalized spacial score (nSPS) is 10.9. The molecule has 6 heteroatoms. The van der Waals surface area contributed by atoms with E-state index in [1.807, 2.05) is 10.9 Å². The van der Waals surface area contributed by atoms with Crippen LogP contribution in [0.1, 0.15) is 26.7 Å². The van der Waals surface area contributed by atoms with Gasteiger partial charge in [0.2, 0.25) is 5.91 Å². The van der Waals surface area contributed by atoms with E-state index in [0.717, 1.165) is 26.2 Å². The predicted octanol–water partition coefficient (Wildman–Crippen LogP) is 0.936. The molecule has 1 aromatic heterocycles. The first-order valence-corrected chi connectivity index (χ1v) is 6.85. The van der Waals surface area contributed by atoms with E-state index in [4.69, 9.17) is 5.11 Å². The Labute approximate surface area is 114 Å². The molecule has 19 heavy (non-hydrogen) atoms. The summed E-state index contributed by atoms with van der Waals surface area (Å²) in [6.45, 7) is 8.14. The third-order valence-electron chi connectivity index (χ3n) is 3.02. The van der Waals surface area contributed by atoms with Crippen molar-refractivity contribution in [2.24, 2.45) is 0 Å². The molecule has 0 saturated heterocycles. The first-order valence-electron chi connectivity index (χ1n) is 6.85. The maximum Gasteiger partial charge on any atom is 0.224 e. The highest BCUT2D eigenvalue weighted by molar-refractivity contribution is 5.90. The largest absolute Gasteiger partial charge is 0.396 e. The van der Waals surface area contributed by atoms with Crippen LogP contribution >= 0.6 is 0 Å². The first kappa shape index (κ1) is 15.7. The lowest BCUT2D eigenvalue weighted by atomic mass is 10.3. The van der Waals surface area contributed by atoms with Gasteiger partial charge in [-0.25, -0.2) is 0 Å². The van der Waals surface area contributed by atoms with Crippen molar-refractivity contribution in [2.75, 3.05) is 31.6 Å². The van der Waals surface area contributed by atoms with Crippen LogP contribution in [0.4, 0.5) is 5.69 Å². The number of carbonyl (C=O) groups is 1. The Kier molecular flexibility index (Phi) is 7.14. The molecule has 0 saturated carbocycles. The fourth-order valence-corrected chi connectivity index (χ4v) is 1.80. The smallest absolute Gasteiger partial charge is 0.224 e. The third-order valence-corrected chi connectivity index (χ3v) is 3.02. The van der Waals surface area contributed by atoms with Gasteiger partial charge in [-0.15, -0.1) is 0 Å². The number of anilines is 1. The molecule has 0 spiro atoms. The summed E-state index contributed by atoms with van der Waals surface area (Å²) < 4.78 is 1.83. The van der Waals surface area contributed by atoms with Gasteiger partial charge in [0.25, 0.3) is 0 Å². The molecule has 0 unspecified atom stereocenters. The SMILES string of the molecule is CCN(CC)CCn1cc(NC(=O)CCCO)cn1. The molecular weight excluding hydrogens is 244 g/mol. The van der Waals surface area contributed by atoms with Gasteiger partial charge in [0.05, 0.1) is 18.4 Å². The molecule has 1 aromatic rings. The lowest BCUT2D eigenvalue weighted by molar-refractivity contribution is -0.116. The standard InChI is InChI=1S/C13H24N4O2/c1-3-16(4-2)7-8-17-11-12(10-14-17)15-13(19)6-5-9-18/h10-11,18H,3-9H2,1-2H3,(H,15,19). The summed E-state index contributed by atoms with van der Waals surface area (Å²) >= 11 is 0. The van der Waals surface area contributed by atoms with Gasteiger partial charge in [0.15, 0.2) is 0 Å². The molecule has 6 nitrogen and oxygen atoms in total. The van der Waals surface area contributed by atoms with E-state index in [2.05, 4.69) is 29.2 Å². The molecule has 0 aromatic carbocycles. The molecule has 0 radical (unpaired) electrons. The van der Waals surface area contributed by atoms with E-state index < -0.39 is 0 Å². The van der Waals surface area contributed by atoms with Crippen molar-refractivity contribution in [3.63, 3.8) is 0 Å². The molecule has 108 valence electrons. The van der Waals surface area contributed by atoms with Crippen LogP contribution in [0.3, 0.4) is 0 Å². The monoisotopic (exact) mass is 268 g/mol. The minimum atomic E-state index is -0.0858. The molecule has 0 aliphatic carbocycles. The van der Waals surface area contributed by atoms with Crippen LogP contribution in [0.25, 0.3) is 0 Å². The summed E-state index contributed by atoms with van der Waals surface area (Å²) in [7, 11) is 0. The van der Waals surface area contributed by atoms with Crippen LogP contribution in [0.15, 0.2) is 12.4 Å². The first-order chi connectivity index (χ1) is 9.19. The Morgan fingerprint density at radius 3 is 2.84 bits per heavy atom. The van der Waals surface area contributed by atoms with Crippen LogP contribution < -0.4 is 5.32 Å². The Morgan fingerprint density at radius 1 is 1.47 bits per heavy atom. The zero-order valence-corrected chi connectivity index (χ0v) is 11.8. The highest BCUT2D eigenvalue weighted by Crippen LogP contribution is 2.06. The third kappa shape index (κ3) is 5.85. The van der Waals surface area contributed by atoms with Gasteiger partial charge in [-0.2, -0.15) is 5.10 Å². The van der Waals surface area contributed by atoms with Gasteiger partial charge in [0, 0.05) is 25.8 Å². The van der Waals surface area contributed by atoms with Crippen molar-refractivity contribution in [3.8, 4) is 0 Å². The van der Waals surface area contributed by atoms with Crippen molar-refractivity contribution in [2.45, 2.75) is 33.2 Å². The van der Waals surface area contributed by atoms with E-state index in [1.165, 1.54) is 0 Å². The van der Waals surface area contributed by atoms with Gasteiger partial charge in [0.1, 0.15) is 0 Å². The number of aliphatic hydroxyl groups is 1. The van der Waals surface area contributed by atoms with E-state index >= 15 is 0 Å². The quantitative estimate of drug-likeness (QED) is 0.699. The summed E-state index contributed by atoms with van der Waals surface area (Å²) in [5.41, 5.74) is 0.711. The second-order valence-corrected chi connectivity index (χ2v) is 4.39. The number of hydrogen-bond acceptors (Lipinski definition) is 4. The van der Waals surface area contributed by atoms with Crippen molar-refractivity contribution >= 4 is 11.6 Å². The van der Waals surface area contributed by atoms with Crippen LogP contribution in [-0.2, 0) is 11.3 Å². The second kappa shape index (κ2) is 8.66. The van der Waals surface area contributed by atoms with Crippen molar-refractivity contribution in [1.29, 1.82) is 0 Å². The number of aliphatic hydroxyl groups excluding tert-OH is 1. The lowest BCUT2D eigenvalue weighted by Gasteiger charge is -2.17. The van der Waals surface area contributed by atoms with Crippen molar-refractivity contribution in [1.82, 2.24) is 14.7 Å². The molecule has 0 aliphatic heterocycles. The van der Waals surface area contributed by atoms with Crippen LogP contribution in [0.2, 0.25) is 0 Å². The van der Waals surface area contributed by atoms with Crippen molar-refractivity contribution < 1.29 is 9.90 Å². The summed E-state index contributed by atoms with van der Waals surface area (Å²) in [5.74, 6) is -0.0858. The maximum atomic E-state index is 11.5. The predicted molar refractivity (Wildman–Crippen MR) is 75.0 cm³/mol. The van der Waals surface area contributed by atoms with Gasteiger partial charge < -0.3 is 15.3 Å². The topological polar surface area (TPSA) is 70.4 Å². The fourth-order valence-electron chi connectivity index (χ4n) is 1.80. The average Bonchev–Trinajstić information content (AvgIpc) is 2.85. The lowest BCUT2D eigenvalue weighted by Crippen LogP contribution is -2.27. The van der Waals surface area contributed by atoms with E-state index in [1.54, 1.807) is 6.20 Å². The number of rotatable bonds is 9. The molecule has 1 amide bonds. The zero-order chi connectivity index (χ0) is 14.1. The summed E-state index contributed by atoms with van der Waals surface area (Å²) in [6.07, 6.45) is 4.31. The molecule has 1 rings (SSSR count). The Bertz CT molecular complexity index is 374. The molecule has 0 aliphatic rings. The summed E-state index contributed by atoms with van der Waals surface area (Å²) in [4.78, 5) is 13.8. The zero-order valence-electron chi connectivity index (χ0n) is 11.8. The minimum absolute atomic E-state index is 0.0382. The molecule has 0 bridgehead atoms. The molecule has 0 atom stereocenters. The van der Waals surface area contributed by atoms with Crippen molar-refractivity contribution in [3.05, 3.63) is 12.4 Å². The Morgan fingerprint density at radius 2 is 2.21 bits per heavy atom. The van der Waals surface area contributed by atoms with Gasteiger partial charge in [-0.05, 0) is 19.5 Å². The van der Waals surface area contributed by atoms with Gasteiger partial charge >= 0.3 is 0 Å². The maximum absolute atomic E-state index is 11.5. The minimum Gasteiger partial charge on any atom is -0.396 e. The molecule has 2 N–H and O–H groups in total. The summed E-state index contributed by atoms with van der Waals surface area (Å²) in [5, 5.41) is 15.6. The molecule has 0 fully saturated rings. The van der Waals surface area contributed by atoms with Crippen LogP contribution in [0, 0.1) is 0 Å². The number of hydrogen-bond donors (Lipinski definition) is 2. The number of nitrogens with one attached hydrogen (secondary N) is 1. The Balaban J connectivity index is 2.37. The second-order valence-electron chi connectivity index (χ2n) is 4.39. The average molecular weight is 268 g/mol. The van der Waals surface area contributed by atoms with E-state index in [0.29, 0.717) is 18.5 Å². The van der Waals surface area contributed by atoms with Crippen LogP contribution in [0.5, 0.6) is 0 Å². The number of amides is 1. The van der Waals surface area contributed by atoms with E-state index in [9.17, 15) is 4.79 Å². The number of aromatic nitrogens is 2. The highest BCUT2D eigenvalue weighted by Gasteiger charge is 2.05. The highest BCUT2D eigenvalue weighted by atomic mass is 16.3. The molecule has 1 heterocycles.